The minimum Gasteiger partial charge on any atom is -0.369 e. The third kappa shape index (κ3) is 3.36. The molecule has 1 aliphatic rings. The van der Waals surface area contributed by atoms with Crippen molar-refractivity contribution in [1.29, 1.82) is 10.5 Å². The number of pyridine rings is 1. The molecule has 0 radical (unpaired) electrons. The molecule has 126 valence electrons. The van der Waals surface area contributed by atoms with Crippen molar-refractivity contribution in [2.45, 2.75) is 20.3 Å². The van der Waals surface area contributed by atoms with E-state index < -0.39 is 0 Å². The Labute approximate surface area is 146 Å². The van der Waals surface area contributed by atoms with Crippen LogP contribution in [0.25, 0.3) is 0 Å². The van der Waals surface area contributed by atoms with Gasteiger partial charge in [0.1, 0.15) is 23.5 Å². The number of nitriles is 2. The van der Waals surface area contributed by atoms with Crippen LogP contribution in [0, 0.1) is 42.4 Å². The Hall–Kier alpha value is -3.19. The van der Waals surface area contributed by atoms with Gasteiger partial charge in [-0.25, -0.2) is 4.98 Å². The highest BCUT2D eigenvalue weighted by atomic mass is 15.3. The van der Waals surface area contributed by atoms with Crippen molar-refractivity contribution in [2.75, 3.05) is 29.9 Å². The first-order valence-corrected chi connectivity index (χ1v) is 8.22. The van der Waals surface area contributed by atoms with Gasteiger partial charge in [-0.2, -0.15) is 15.6 Å². The largest absolute Gasteiger partial charge is 0.369 e. The molecule has 0 aromatic carbocycles. The van der Waals surface area contributed by atoms with Crippen LogP contribution in [0.5, 0.6) is 0 Å². The first-order chi connectivity index (χ1) is 12.1. The summed E-state index contributed by atoms with van der Waals surface area (Å²) < 4.78 is 0. The maximum Gasteiger partial charge on any atom is 0.169 e. The highest BCUT2D eigenvalue weighted by Gasteiger charge is 2.26. The van der Waals surface area contributed by atoms with Crippen molar-refractivity contribution in [3.63, 3.8) is 0 Å². The fraction of sp³-hybridized carbons (Fsp3) is 0.389. The second-order valence-corrected chi connectivity index (χ2v) is 6.21. The summed E-state index contributed by atoms with van der Waals surface area (Å²) in [6, 6.07) is 7.91. The summed E-state index contributed by atoms with van der Waals surface area (Å²) in [7, 11) is 0. The Morgan fingerprint density at radius 3 is 2.88 bits per heavy atom. The molecule has 1 fully saturated rings. The van der Waals surface area contributed by atoms with E-state index in [-0.39, 0.29) is 0 Å². The van der Waals surface area contributed by atoms with Crippen LogP contribution in [0.2, 0.25) is 0 Å². The summed E-state index contributed by atoms with van der Waals surface area (Å²) in [5.41, 5.74) is 2.83. The van der Waals surface area contributed by atoms with Crippen molar-refractivity contribution in [1.82, 2.24) is 15.2 Å². The quantitative estimate of drug-likeness (QED) is 0.914. The van der Waals surface area contributed by atoms with E-state index in [4.69, 9.17) is 5.26 Å². The SMILES string of the molecule is Cc1nnc(N2CCC(CNc3ncccc3C#N)C2)c(C#N)c1C. The number of hydrogen-bond donors (Lipinski definition) is 1. The van der Waals surface area contributed by atoms with E-state index in [2.05, 4.69) is 37.5 Å². The van der Waals surface area contributed by atoms with E-state index in [9.17, 15) is 5.26 Å². The van der Waals surface area contributed by atoms with E-state index in [0.29, 0.717) is 28.7 Å². The first-order valence-electron chi connectivity index (χ1n) is 8.22. The van der Waals surface area contributed by atoms with Crippen molar-refractivity contribution >= 4 is 11.6 Å². The molecule has 1 saturated heterocycles. The molecular formula is C18H19N7. The molecule has 3 rings (SSSR count). The lowest BCUT2D eigenvalue weighted by Crippen LogP contribution is -2.25. The molecule has 25 heavy (non-hydrogen) atoms. The lowest BCUT2D eigenvalue weighted by molar-refractivity contribution is 0.620. The van der Waals surface area contributed by atoms with Gasteiger partial charge in [0.15, 0.2) is 5.82 Å². The molecule has 0 spiro atoms. The summed E-state index contributed by atoms with van der Waals surface area (Å²) >= 11 is 0. The molecule has 2 aromatic rings. The Bertz CT molecular complexity index is 863. The topological polar surface area (TPSA) is 102 Å². The minimum atomic E-state index is 0.392. The maximum atomic E-state index is 9.46. The Morgan fingerprint density at radius 2 is 2.12 bits per heavy atom. The molecule has 0 bridgehead atoms. The standard InChI is InChI=1S/C18H19N7/c1-12-13(2)23-24-18(16(12)9-20)25-7-5-14(11-25)10-22-17-15(8-19)4-3-6-21-17/h3-4,6,14H,5,7,10-11H2,1-2H3,(H,21,22). The zero-order valence-corrected chi connectivity index (χ0v) is 14.3. The van der Waals surface area contributed by atoms with Crippen LogP contribution in [0.1, 0.15) is 28.8 Å². The summed E-state index contributed by atoms with van der Waals surface area (Å²) in [6.07, 6.45) is 2.66. The van der Waals surface area contributed by atoms with Gasteiger partial charge in [-0.05, 0) is 43.9 Å². The van der Waals surface area contributed by atoms with E-state index >= 15 is 0 Å². The summed E-state index contributed by atoms with van der Waals surface area (Å²) in [6.45, 7) is 6.14. The maximum absolute atomic E-state index is 9.46. The van der Waals surface area contributed by atoms with E-state index in [1.165, 1.54) is 0 Å². The highest BCUT2D eigenvalue weighted by Crippen LogP contribution is 2.27. The van der Waals surface area contributed by atoms with Crippen LogP contribution >= 0.6 is 0 Å². The van der Waals surface area contributed by atoms with Crippen LogP contribution in [0.15, 0.2) is 18.3 Å². The second-order valence-electron chi connectivity index (χ2n) is 6.21. The van der Waals surface area contributed by atoms with Crippen molar-refractivity contribution < 1.29 is 0 Å². The van der Waals surface area contributed by atoms with Gasteiger partial charge >= 0.3 is 0 Å². The Kier molecular flexibility index (Phi) is 4.76. The van der Waals surface area contributed by atoms with Crippen molar-refractivity contribution in [3.8, 4) is 12.1 Å². The molecular weight excluding hydrogens is 314 g/mol. The smallest absolute Gasteiger partial charge is 0.169 e. The van der Waals surface area contributed by atoms with Gasteiger partial charge in [0.2, 0.25) is 0 Å². The number of aryl methyl sites for hydroxylation is 1. The molecule has 0 aliphatic carbocycles. The molecule has 1 atom stereocenters. The number of nitrogens with one attached hydrogen (secondary N) is 1. The second kappa shape index (κ2) is 7.14. The van der Waals surface area contributed by atoms with Crippen LogP contribution in [0.3, 0.4) is 0 Å². The molecule has 7 heteroatoms. The fourth-order valence-corrected chi connectivity index (χ4v) is 3.02. The zero-order chi connectivity index (χ0) is 17.8. The third-order valence-electron chi connectivity index (χ3n) is 4.62. The van der Waals surface area contributed by atoms with Gasteiger partial charge in [-0.15, -0.1) is 5.10 Å². The van der Waals surface area contributed by atoms with Gasteiger partial charge < -0.3 is 10.2 Å². The predicted molar refractivity (Wildman–Crippen MR) is 94.0 cm³/mol. The molecule has 1 aliphatic heterocycles. The molecule has 7 nitrogen and oxygen atoms in total. The van der Waals surface area contributed by atoms with Gasteiger partial charge in [0.05, 0.1) is 11.3 Å². The van der Waals surface area contributed by atoms with Gasteiger partial charge in [-0.3, -0.25) is 0 Å². The number of anilines is 2. The van der Waals surface area contributed by atoms with Gasteiger partial charge in [0.25, 0.3) is 0 Å². The number of hydrogen-bond acceptors (Lipinski definition) is 7. The molecule has 1 unspecified atom stereocenters. The summed E-state index contributed by atoms with van der Waals surface area (Å²) in [4.78, 5) is 6.34. The van der Waals surface area contributed by atoms with Gasteiger partial charge in [0, 0.05) is 25.8 Å². The van der Waals surface area contributed by atoms with E-state index in [1.807, 2.05) is 13.8 Å². The monoisotopic (exact) mass is 333 g/mol. The van der Waals surface area contributed by atoms with Crippen LogP contribution in [0.4, 0.5) is 11.6 Å². The molecule has 1 N–H and O–H groups in total. The van der Waals surface area contributed by atoms with Gasteiger partial charge in [-0.1, -0.05) is 0 Å². The van der Waals surface area contributed by atoms with Crippen molar-refractivity contribution in [3.05, 3.63) is 40.7 Å². The van der Waals surface area contributed by atoms with E-state index in [1.54, 1.807) is 18.3 Å². The van der Waals surface area contributed by atoms with Crippen LogP contribution in [-0.2, 0) is 0 Å². The molecule has 2 aromatic heterocycles. The third-order valence-corrected chi connectivity index (χ3v) is 4.62. The fourth-order valence-electron chi connectivity index (χ4n) is 3.02. The lowest BCUT2D eigenvalue weighted by atomic mass is 10.1. The zero-order valence-electron chi connectivity index (χ0n) is 14.3. The minimum absolute atomic E-state index is 0.392. The number of aromatic nitrogens is 3. The molecule has 0 amide bonds. The normalized spacial score (nSPS) is 16.3. The highest BCUT2D eigenvalue weighted by molar-refractivity contribution is 5.58. The summed E-state index contributed by atoms with van der Waals surface area (Å²) in [5, 5.41) is 30.3. The number of rotatable bonds is 4. The van der Waals surface area contributed by atoms with Crippen LogP contribution in [-0.4, -0.2) is 34.8 Å². The summed E-state index contributed by atoms with van der Waals surface area (Å²) in [5.74, 6) is 1.68. The number of nitrogens with zero attached hydrogens (tertiary/aromatic N) is 6. The Morgan fingerprint density at radius 1 is 1.28 bits per heavy atom. The first kappa shape index (κ1) is 16.7. The van der Waals surface area contributed by atoms with Crippen LogP contribution < -0.4 is 10.2 Å². The average Bonchev–Trinajstić information content (AvgIpc) is 3.11. The lowest BCUT2D eigenvalue weighted by Gasteiger charge is -2.19. The van der Waals surface area contributed by atoms with Crippen molar-refractivity contribution in [2.24, 2.45) is 5.92 Å². The molecule has 0 saturated carbocycles. The van der Waals surface area contributed by atoms with E-state index in [0.717, 1.165) is 37.3 Å². The molecule has 3 heterocycles. The average molecular weight is 333 g/mol. The Balaban J connectivity index is 1.68. The predicted octanol–water partition coefficient (Wildman–Crippen LogP) is 2.17.